The van der Waals surface area contributed by atoms with Crippen LogP contribution in [0, 0.1) is 0 Å². The first-order valence-corrected chi connectivity index (χ1v) is 2.43. The van der Waals surface area contributed by atoms with E-state index in [1.54, 1.807) is 0 Å². The van der Waals surface area contributed by atoms with Crippen LogP contribution >= 0.6 is 0 Å². The van der Waals surface area contributed by atoms with Crippen LogP contribution in [0.1, 0.15) is 0 Å². The normalized spacial score (nSPS) is 7.11. The lowest BCUT2D eigenvalue weighted by Gasteiger charge is -1.68. The van der Waals surface area contributed by atoms with Crippen LogP contribution in [0.4, 0.5) is 0 Å². The lowest BCUT2D eigenvalue weighted by molar-refractivity contribution is 0.381. The van der Waals surface area contributed by atoms with Gasteiger partial charge in [0.25, 0.3) is 0 Å². The van der Waals surface area contributed by atoms with Crippen molar-refractivity contribution in [3.05, 3.63) is 0 Å². The van der Waals surface area contributed by atoms with Gasteiger partial charge in [0, 0.05) is 0 Å². The number of hydrazine groups is 1. The molecular weight excluding hydrogens is 154 g/mol. The Labute approximate surface area is 52.3 Å². The second-order valence-corrected chi connectivity index (χ2v) is 1.34. The summed E-state index contributed by atoms with van der Waals surface area (Å²) in [7, 11) is -4.67. The van der Waals surface area contributed by atoms with Crippen LogP contribution in [0.15, 0.2) is 0 Å². The monoisotopic (exact) mass is 165 g/mol. The molecule has 0 spiro atoms. The largest absolute Gasteiger partial charge is 0.412 e. The maximum absolute atomic E-state index is 8.74. The Morgan fingerprint density at radius 1 is 1.11 bits per heavy atom. The van der Waals surface area contributed by atoms with Gasteiger partial charge >= 0.3 is 10.4 Å². The third-order valence-electron chi connectivity index (χ3n) is 0. The van der Waals surface area contributed by atoms with Gasteiger partial charge in [0.15, 0.2) is 0 Å². The van der Waals surface area contributed by atoms with Gasteiger partial charge in [-0.25, -0.2) is 0 Å². The summed E-state index contributed by atoms with van der Waals surface area (Å²) in [5.74, 6) is 8.00. The van der Waals surface area contributed by atoms with Crippen molar-refractivity contribution in [3.63, 3.8) is 0 Å². The molecule has 0 bridgehead atoms. The van der Waals surface area contributed by atoms with E-state index >= 15 is 0 Å². The van der Waals surface area contributed by atoms with Crippen LogP contribution in [0.25, 0.3) is 0 Å². The minimum Gasteiger partial charge on any atom is -0.412 e. The van der Waals surface area contributed by atoms with Crippen molar-refractivity contribution < 1.29 is 23.0 Å². The molecule has 9 heavy (non-hydrogen) atoms. The molecule has 0 aromatic carbocycles. The highest BCUT2D eigenvalue weighted by atomic mass is 32.3. The third kappa shape index (κ3) is 2990. The Balaban J connectivity index is -0.0000000286. The van der Waals surface area contributed by atoms with Gasteiger partial charge in [0.1, 0.15) is 0 Å². The van der Waals surface area contributed by atoms with Crippen LogP contribution in [0.2, 0.25) is 0 Å². The summed E-state index contributed by atoms with van der Waals surface area (Å²) < 4.78 is 31.6. The predicted molar refractivity (Wildman–Crippen MR) is 31.2 cm³/mol. The molecule has 0 saturated carbocycles. The Kier molecular flexibility index (Phi) is 27.6. The highest BCUT2D eigenvalue weighted by Crippen LogP contribution is 1.59. The average molecular weight is 165 g/mol. The Morgan fingerprint density at radius 3 is 1.11 bits per heavy atom. The summed E-state index contributed by atoms with van der Waals surface area (Å²) in [6.07, 6.45) is 0. The van der Waals surface area contributed by atoms with Crippen molar-refractivity contribution in [2.24, 2.45) is 11.7 Å². The Bertz CT molecular complexity index is 95.4. The minimum atomic E-state index is -4.67. The maximum atomic E-state index is 8.74. The van der Waals surface area contributed by atoms with Crippen LogP contribution in [0.5, 0.6) is 0 Å². The van der Waals surface area contributed by atoms with E-state index < -0.39 is 10.4 Å². The van der Waals surface area contributed by atoms with Gasteiger partial charge in [-0.2, -0.15) is 8.42 Å². The summed E-state index contributed by atoms with van der Waals surface area (Å²) in [5.41, 5.74) is 0. The fraction of sp³-hybridized carbons (Fsp3) is 0. The van der Waals surface area contributed by atoms with E-state index in [0.29, 0.717) is 0 Å². The van der Waals surface area contributed by atoms with E-state index in [9.17, 15) is 0 Å². The van der Waals surface area contributed by atoms with E-state index in [-0.39, 0.29) is 11.6 Å². The van der Waals surface area contributed by atoms with E-state index in [4.69, 9.17) is 17.5 Å². The van der Waals surface area contributed by atoms with Gasteiger partial charge in [0.05, 0.1) is 0 Å². The van der Waals surface area contributed by atoms with Crippen molar-refractivity contribution in [2.45, 2.75) is 0 Å². The first-order valence-electron chi connectivity index (χ1n) is 1.03. The maximum Gasteiger partial charge on any atom is 0.394 e. The highest BCUT2D eigenvalue weighted by molar-refractivity contribution is 7.79. The van der Waals surface area contributed by atoms with Gasteiger partial charge in [-0.15, -0.1) is 0 Å². The van der Waals surface area contributed by atoms with Crippen molar-refractivity contribution in [1.82, 2.24) is 6.15 Å². The second kappa shape index (κ2) is 10.6. The molecule has 0 aliphatic heterocycles. The number of hydrogen-bond donors (Lipinski definition) is 5. The fourth-order valence-corrected chi connectivity index (χ4v) is 0. The molecule has 0 atom stereocenters. The highest BCUT2D eigenvalue weighted by Gasteiger charge is 1.84. The number of rotatable bonds is 0. The molecule has 0 aliphatic rings. The quantitative estimate of drug-likeness (QED) is 0.148. The lowest BCUT2D eigenvalue weighted by Crippen LogP contribution is -2.02. The van der Waals surface area contributed by atoms with Gasteiger partial charge in [-0.05, 0) is 0 Å². The summed E-state index contributed by atoms with van der Waals surface area (Å²) >= 11 is 0. The predicted octanol–water partition coefficient (Wildman–Crippen LogP) is -2.50. The second-order valence-electron chi connectivity index (χ2n) is 0.448. The first-order chi connectivity index (χ1) is 3.00. The van der Waals surface area contributed by atoms with E-state index in [2.05, 4.69) is 11.7 Å². The average Bonchev–Trinajstić information content (AvgIpc) is 1.36. The molecule has 0 fully saturated rings. The van der Waals surface area contributed by atoms with Crippen LogP contribution < -0.4 is 17.8 Å². The Hall–Kier alpha value is -0.290. The van der Waals surface area contributed by atoms with Gasteiger partial charge < -0.3 is 11.6 Å². The van der Waals surface area contributed by atoms with E-state index in [0.717, 1.165) is 0 Å². The molecule has 11 N–H and O–H groups in total. The van der Waals surface area contributed by atoms with Crippen molar-refractivity contribution in [3.8, 4) is 0 Å². The number of hydrogen-bond acceptors (Lipinski definition) is 5. The van der Waals surface area contributed by atoms with Gasteiger partial charge in [-0.3, -0.25) is 20.8 Å². The molecule has 0 aromatic heterocycles. The fourth-order valence-electron chi connectivity index (χ4n) is 0. The molecule has 0 saturated heterocycles. The minimum absolute atomic E-state index is 0. The zero-order valence-corrected chi connectivity index (χ0v) is 5.30. The molecule has 0 rings (SSSR count). The molecule has 0 aromatic rings. The smallest absolute Gasteiger partial charge is 0.394 e. The standard InChI is InChI=1S/H4N2.H3N.H2O4S.H2O/c1-2;;1-5(2,3)4;/h1-2H2;1H3;(H2,1,2,3,4);1H2. The van der Waals surface area contributed by atoms with Gasteiger partial charge in [-0.1, -0.05) is 0 Å². The zero-order valence-electron chi connectivity index (χ0n) is 4.48. The molecule has 0 aliphatic carbocycles. The topological polar surface area (TPSA) is 193 Å². The summed E-state index contributed by atoms with van der Waals surface area (Å²) in [6, 6.07) is 0. The van der Waals surface area contributed by atoms with E-state index in [1.165, 1.54) is 0 Å². The molecule has 62 valence electrons. The molecule has 9 heteroatoms. The number of nitrogens with two attached hydrogens (primary N) is 2. The first kappa shape index (κ1) is 23.3. The SMILES string of the molecule is N.NN.O.O=S(=O)(O)O. The summed E-state index contributed by atoms with van der Waals surface area (Å²) in [5, 5.41) is 0. The Morgan fingerprint density at radius 2 is 1.11 bits per heavy atom. The van der Waals surface area contributed by atoms with Crippen LogP contribution in [-0.4, -0.2) is 23.0 Å². The molecular formula is H11N3O5S. The molecule has 0 amide bonds. The lowest BCUT2D eigenvalue weighted by atomic mass is 13.0. The van der Waals surface area contributed by atoms with E-state index in [1.807, 2.05) is 0 Å². The molecule has 8 nitrogen and oxygen atoms in total. The van der Waals surface area contributed by atoms with Crippen LogP contribution in [0.3, 0.4) is 0 Å². The molecule has 0 heterocycles. The van der Waals surface area contributed by atoms with Crippen molar-refractivity contribution >= 4 is 10.4 Å². The van der Waals surface area contributed by atoms with Crippen molar-refractivity contribution in [2.75, 3.05) is 0 Å². The van der Waals surface area contributed by atoms with Crippen LogP contribution in [-0.2, 0) is 10.4 Å². The summed E-state index contributed by atoms with van der Waals surface area (Å²) in [6.45, 7) is 0. The van der Waals surface area contributed by atoms with Gasteiger partial charge in [0.2, 0.25) is 0 Å². The molecule has 0 radical (unpaired) electrons. The van der Waals surface area contributed by atoms with Crippen molar-refractivity contribution in [1.29, 1.82) is 0 Å². The molecule has 0 unspecified atom stereocenters. The summed E-state index contributed by atoms with van der Waals surface area (Å²) in [4.78, 5) is 0. The zero-order chi connectivity index (χ0) is 6.50. The third-order valence-corrected chi connectivity index (χ3v) is 0.